The van der Waals surface area contributed by atoms with E-state index in [0.29, 0.717) is 18.0 Å². The van der Waals surface area contributed by atoms with Gasteiger partial charge in [-0.15, -0.1) is 11.3 Å². The second-order valence-electron chi connectivity index (χ2n) is 8.08. The third kappa shape index (κ3) is 5.39. The Labute approximate surface area is 200 Å². The summed E-state index contributed by atoms with van der Waals surface area (Å²) in [6.07, 6.45) is 1.98. The lowest BCUT2D eigenvalue weighted by atomic mass is 10.1. The molecule has 3 aromatic rings. The standard InChI is InChI=1S/C23H27BrFN5OS/c1-14-12-30(13-15(2)27-14)23-26-11-19(25)22(29-23)28-17-6-7-20(31-3)16(9-17)10-18(24)21-5-4-8-32-21/h4-9,11,14-15,18,27H,10,12-13H2,1-3H3,(H,26,28,29)/t14-,15+,18?. The van der Waals surface area contributed by atoms with Crippen molar-refractivity contribution < 1.29 is 9.13 Å². The number of benzene rings is 1. The van der Waals surface area contributed by atoms with Crippen molar-refractivity contribution in [2.45, 2.75) is 37.2 Å². The van der Waals surface area contributed by atoms with E-state index in [1.165, 1.54) is 11.1 Å². The summed E-state index contributed by atoms with van der Waals surface area (Å²) in [4.78, 5) is 12.2. The number of hydrogen-bond donors (Lipinski definition) is 2. The van der Waals surface area contributed by atoms with Crippen LogP contribution in [0.25, 0.3) is 0 Å². The van der Waals surface area contributed by atoms with E-state index in [9.17, 15) is 4.39 Å². The van der Waals surface area contributed by atoms with Gasteiger partial charge in [0, 0.05) is 35.7 Å². The van der Waals surface area contributed by atoms with Crippen LogP contribution in [0.3, 0.4) is 0 Å². The fourth-order valence-electron chi connectivity index (χ4n) is 4.00. The minimum atomic E-state index is -0.487. The number of aromatic nitrogens is 2. The van der Waals surface area contributed by atoms with E-state index < -0.39 is 5.82 Å². The topological polar surface area (TPSA) is 62.3 Å². The van der Waals surface area contributed by atoms with E-state index in [4.69, 9.17) is 4.74 Å². The van der Waals surface area contributed by atoms with E-state index in [0.717, 1.165) is 36.5 Å². The number of alkyl halides is 1. The van der Waals surface area contributed by atoms with Gasteiger partial charge in [0.25, 0.3) is 0 Å². The average Bonchev–Trinajstić information content (AvgIpc) is 3.30. The molecule has 1 aliphatic rings. The Balaban J connectivity index is 1.56. The maximum Gasteiger partial charge on any atom is 0.227 e. The van der Waals surface area contributed by atoms with E-state index in [1.807, 2.05) is 24.3 Å². The minimum absolute atomic E-state index is 0.165. The molecule has 0 bridgehead atoms. The summed E-state index contributed by atoms with van der Waals surface area (Å²) in [6.45, 7) is 5.80. The molecule has 2 aromatic heterocycles. The third-order valence-corrected chi connectivity index (χ3v) is 7.47. The minimum Gasteiger partial charge on any atom is -0.496 e. The fourth-order valence-corrected chi connectivity index (χ4v) is 5.53. The largest absolute Gasteiger partial charge is 0.496 e. The zero-order chi connectivity index (χ0) is 22.7. The van der Waals surface area contributed by atoms with Crippen LogP contribution in [0.1, 0.15) is 29.1 Å². The molecule has 1 aromatic carbocycles. The predicted molar refractivity (Wildman–Crippen MR) is 132 cm³/mol. The summed E-state index contributed by atoms with van der Waals surface area (Å²) in [5.41, 5.74) is 1.77. The van der Waals surface area contributed by atoms with Crippen molar-refractivity contribution in [1.82, 2.24) is 15.3 Å². The molecule has 1 fully saturated rings. The summed E-state index contributed by atoms with van der Waals surface area (Å²) in [7, 11) is 1.66. The SMILES string of the molecule is COc1ccc(Nc2nc(N3C[C@@H](C)N[C@@H](C)C3)ncc2F)cc1CC(Br)c1cccs1. The summed E-state index contributed by atoms with van der Waals surface area (Å²) in [6, 6.07) is 10.5. The molecular formula is C23H27BrFN5OS. The Morgan fingerprint density at radius 3 is 2.78 bits per heavy atom. The zero-order valence-corrected chi connectivity index (χ0v) is 20.7. The summed E-state index contributed by atoms with van der Waals surface area (Å²) >= 11 is 5.48. The van der Waals surface area contributed by atoms with E-state index in [2.05, 4.69) is 66.7 Å². The highest BCUT2D eigenvalue weighted by atomic mass is 79.9. The second-order valence-corrected chi connectivity index (χ2v) is 10.2. The van der Waals surface area contributed by atoms with Crippen molar-refractivity contribution in [3.63, 3.8) is 0 Å². The Morgan fingerprint density at radius 1 is 1.31 bits per heavy atom. The van der Waals surface area contributed by atoms with Crippen molar-refractivity contribution in [1.29, 1.82) is 0 Å². The number of rotatable bonds is 7. The fraction of sp³-hybridized carbons (Fsp3) is 0.391. The first-order chi connectivity index (χ1) is 15.4. The molecule has 0 saturated carbocycles. The molecule has 3 heterocycles. The number of thiophene rings is 1. The molecule has 6 nitrogen and oxygen atoms in total. The van der Waals surface area contributed by atoms with Crippen LogP contribution >= 0.6 is 27.3 Å². The van der Waals surface area contributed by atoms with Gasteiger partial charge in [0.15, 0.2) is 11.6 Å². The molecule has 0 aliphatic carbocycles. The lowest BCUT2D eigenvalue weighted by Gasteiger charge is -2.36. The molecule has 1 unspecified atom stereocenters. The number of nitrogens with one attached hydrogen (secondary N) is 2. The summed E-state index contributed by atoms with van der Waals surface area (Å²) in [5, 5.41) is 8.69. The average molecular weight is 520 g/mol. The number of halogens is 2. The molecule has 2 N–H and O–H groups in total. The van der Waals surface area contributed by atoms with Gasteiger partial charge in [-0.25, -0.2) is 9.37 Å². The van der Waals surface area contributed by atoms with Crippen LogP contribution in [0.5, 0.6) is 5.75 Å². The molecule has 9 heteroatoms. The lowest BCUT2D eigenvalue weighted by Crippen LogP contribution is -2.54. The third-order valence-electron chi connectivity index (χ3n) is 5.37. The van der Waals surface area contributed by atoms with Gasteiger partial charge >= 0.3 is 0 Å². The molecule has 3 atom stereocenters. The number of ether oxygens (including phenoxy) is 1. The molecule has 170 valence electrons. The van der Waals surface area contributed by atoms with E-state index in [1.54, 1.807) is 18.4 Å². The van der Waals surface area contributed by atoms with Gasteiger partial charge in [0.05, 0.1) is 18.1 Å². The molecule has 0 radical (unpaired) electrons. The first-order valence-electron chi connectivity index (χ1n) is 10.6. The Kier molecular flexibility index (Phi) is 7.27. The van der Waals surface area contributed by atoms with Gasteiger partial charge in [-0.1, -0.05) is 22.0 Å². The van der Waals surface area contributed by atoms with Crippen LogP contribution in [0.2, 0.25) is 0 Å². The van der Waals surface area contributed by atoms with Crippen molar-refractivity contribution in [3.8, 4) is 5.75 Å². The van der Waals surface area contributed by atoms with Crippen LogP contribution in [0.15, 0.2) is 41.9 Å². The van der Waals surface area contributed by atoms with E-state index in [-0.39, 0.29) is 10.6 Å². The maximum atomic E-state index is 14.6. The first-order valence-corrected chi connectivity index (χ1v) is 12.4. The monoisotopic (exact) mass is 519 g/mol. The molecule has 1 aliphatic heterocycles. The molecule has 4 rings (SSSR count). The summed E-state index contributed by atoms with van der Waals surface area (Å²) in [5.74, 6) is 1.00. The van der Waals surface area contributed by atoms with Crippen molar-refractivity contribution in [3.05, 3.63) is 58.2 Å². The van der Waals surface area contributed by atoms with Gasteiger partial charge in [-0.05, 0) is 55.5 Å². The summed E-state index contributed by atoms with van der Waals surface area (Å²) < 4.78 is 20.1. The van der Waals surface area contributed by atoms with Crippen molar-refractivity contribution >= 4 is 44.7 Å². The first kappa shape index (κ1) is 22.9. The van der Waals surface area contributed by atoms with Gasteiger partial charge in [-0.3, -0.25) is 0 Å². The Bertz CT molecular complexity index is 1040. The Hall–Kier alpha value is -2.23. The number of piperazine rings is 1. The predicted octanol–water partition coefficient (Wildman–Crippen LogP) is 5.29. The lowest BCUT2D eigenvalue weighted by molar-refractivity contribution is 0.403. The number of nitrogens with zero attached hydrogens (tertiary/aromatic N) is 3. The quantitative estimate of drug-likeness (QED) is 0.413. The number of methoxy groups -OCH3 is 1. The number of hydrogen-bond acceptors (Lipinski definition) is 7. The molecule has 0 spiro atoms. The van der Waals surface area contributed by atoms with Gasteiger partial charge < -0.3 is 20.3 Å². The van der Waals surface area contributed by atoms with Crippen LogP contribution < -0.4 is 20.3 Å². The smallest absolute Gasteiger partial charge is 0.227 e. The molecule has 1 saturated heterocycles. The van der Waals surface area contributed by atoms with Gasteiger partial charge in [0.1, 0.15) is 5.75 Å². The van der Waals surface area contributed by atoms with E-state index >= 15 is 0 Å². The highest BCUT2D eigenvalue weighted by Crippen LogP contribution is 2.35. The Morgan fingerprint density at radius 2 is 2.09 bits per heavy atom. The maximum absolute atomic E-state index is 14.6. The highest BCUT2D eigenvalue weighted by molar-refractivity contribution is 9.09. The van der Waals surface area contributed by atoms with Gasteiger partial charge in [-0.2, -0.15) is 4.98 Å². The molecule has 32 heavy (non-hydrogen) atoms. The van der Waals surface area contributed by atoms with Crippen LogP contribution in [-0.4, -0.2) is 42.3 Å². The highest BCUT2D eigenvalue weighted by Gasteiger charge is 2.24. The van der Waals surface area contributed by atoms with Crippen LogP contribution in [0.4, 0.5) is 21.8 Å². The second kappa shape index (κ2) is 10.1. The zero-order valence-electron chi connectivity index (χ0n) is 18.3. The van der Waals surface area contributed by atoms with Crippen molar-refractivity contribution in [2.24, 2.45) is 0 Å². The molecular weight excluding hydrogens is 493 g/mol. The normalized spacial score (nSPS) is 19.6. The van der Waals surface area contributed by atoms with Crippen LogP contribution in [0, 0.1) is 5.82 Å². The van der Waals surface area contributed by atoms with Crippen LogP contribution in [-0.2, 0) is 6.42 Å². The van der Waals surface area contributed by atoms with Crippen molar-refractivity contribution in [2.75, 3.05) is 30.4 Å². The van der Waals surface area contributed by atoms with Gasteiger partial charge in [0.2, 0.25) is 5.95 Å². The molecule has 0 amide bonds. The number of anilines is 3.